The van der Waals surface area contributed by atoms with E-state index in [1.807, 2.05) is 11.9 Å². The molecular weight excluding hydrogens is 228 g/mol. The van der Waals surface area contributed by atoms with Crippen LogP contribution in [0.1, 0.15) is 47.0 Å². The van der Waals surface area contributed by atoms with Gasteiger partial charge >= 0.3 is 0 Å². The van der Waals surface area contributed by atoms with Crippen LogP contribution < -0.4 is 0 Å². The molecule has 0 aromatic heterocycles. The lowest BCUT2D eigenvalue weighted by molar-refractivity contribution is -0.135. The van der Waals surface area contributed by atoms with Gasteiger partial charge in [-0.25, -0.2) is 0 Å². The highest BCUT2D eigenvalue weighted by atomic mass is 16.2. The summed E-state index contributed by atoms with van der Waals surface area (Å²) in [5.74, 6) is 0.199. The normalized spacial score (nSPS) is 11.6. The van der Waals surface area contributed by atoms with E-state index in [2.05, 4.69) is 32.6 Å². The number of unbranched alkanes of at least 4 members (excludes halogenated alkanes) is 2. The van der Waals surface area contributed by atoms with Crippen molar-refractivity contribution in [2.45, 2.75) is 59.0 Å². The number of nitrogens with zero attached hydrogens (tertiary/aromatic N) is 2. The third kappa shape index (κ3) is 6.97. The fourth-order valence-electron chi connectivity index (χ4n) is 2.23. The van der Waals surface area contributed by atoms with Gasteiger partial charge in [-0.1, -0.05) is 0 Å². The SMILES string of the molecule is CC(C)N(C(=O)CN(C)CCCCCO)C(C)C. The summed E-state index contributed by atoms with van der Waals surface area (Å²) in [5.41, 5.74) is 0. The smallest absolute Gasteiger partial charge is 0.237 e. The van der Waals surface area contributed by atoms with E-state index in [0.717, 1.165) is 25.8 Å². The van der Waals surface area contributed by atoms with Crippen molar-refractivity contribution in [1.82, 2.24) is 9.80 Å². The second kappa shape index (κ2) is 9.34. The first kappa shape index (κ1) is 17.4. The number of carbonyl (C=O) groups is 1. The minimum atomic E-state index is 0.199. The molecular formula is C14H30N2O2. The number of rotatable bonds is 9. The first-order valence-electron chi connectivity index (χ1n) is 7.00. The third-order valence-corrected chi connectivity index (χ3v) is 3.00. The van der Waals surface area contributed by atoms with Gasteiger partial charge < -0.3 is 10.0 Å². The second-order valence-corrected chi connectivity index (χ2v) is 5.51. The maximum atomic E-state index is 12.2. The number of likely N-dealkylation sites (N-methyl/N-ethyl adjacent to an activating group) is 1. The molecule has 0 heterocycles. The zero-order valence-electron chi connectivity index (χ0n) is 12.6. The predicted molar refractivity (Wildman–Crippen MR) is 75.6 cm³/mol. The van der Waals surface area contributed by atoms with E-state index in [9.17, 15) is 4.79 Å². The van der Waals surface area contributed by atoms with E-state index in [-0.39, 0.29) is 24.6 Å². The average Bonchev–Trinajstić information content (AvgIpc) is 2.23. The summed E-state index contributed by atoms with van der Waals surface area (Å²) in [4.78, 5) is 16.2. The molecule has 0 aliphatic rings. The van der Waals surface area contributed by atoms with E-state index in [1.54, 1.807) is 0 Å². The molecule has 0 spiro atoms. The van der Waals surface area contributed by atoms with Crippen LogP contribution in [0.15, 0.2) is 0 Å². The van der Waals surface area contributed by atoms with Crippen LogP contribution in [-0.2, 0) is 4.79 Å². The summed E-state index contributed by atoms with van der Waals surface area (Å²) in [5, 5.41) is 8.70. The molecule has 0 saturated carbocycles. The molecule has 1 N–H and O–H groups in total. The van der Waals surface area contributed by atoms with Crippen LogP contribution in [0.25, 0.3) is 0 Å². The number of amides is 1. The molecule has 0 radical (unpaired) electrons. The minimum absolute atomic E-state index is 0.199. The standard InChI is InChI=1S/C14H30N2O2/c1-12(2)16(13(3)4)14(18)11-15(5)9-7-6-8-10-17/h12-13,17H,6-11H2,1-5H3. The number of carbonyl (C=O) groups excluding carboxylic acids is 1. The molecule has 0 atom stereocenters. The molecule has 4 heteroatoms. The van der Waals surface area contributed by atoms with Gasteiger partial charge in [-0.3, -0.25) is 9.69 Å². The number of hydrogen-bond donors (Lipinski definition) is 1. The summed E-state index contributed by atoms with van der Waals surface area (Å²) in [6.07, 6.45) is 2.91. The monoisotopic (exact) mass is 258 g/mol. The molecule has 0 aliphatic carbocycles. The maximum absolute atomic E-state index is 12.2. The quantitative estimate of drug-likeness (QED) is 0.641. The molecule has 0 fully saturated rings. The molecule has 108 valence electrons. The highest BCUT2D eigenvalue weighted by Gasteiger charge is 2.20. The van der Waals surface area contributed by atoms with Crippen molar-refractivity contribution < 1.29 is 9.90 Å². The molecule has 1 amide bonds. The molecule has 0 aliphatic heterocycles. The number of aliphatic hydroxyl groups is 1. The Hall–Kier alpha value is -0.610. The van der Waals surface area contributed by atoms with E-state index < -0.39 is 0 Å². The number of aliphatic hydroxyl groups excluding tert-OH is 1. The highest BCUT2D eigenvalue weighted by Crippen LogP contribution is 2.06. The maximum Gasteiger partial charge on any atom is 0.237 e. The van der Waals surface area contributed by atoms with Crippen LogP contribution in [0.4, 0.5) is 0 Å². The van der Waals surface area contributed by atoms with Gasteiger partial charge in [-0.2, -0.15) is 0 Å². The van der Waals surface area contributed by atoms with Crippen LogP contribution >= 0.6 is 0 Å². The lowest BCUT2D eigenvalue weighted by atomic mass is 10.2. The van der Waals surface area contributed by atoms with Gasteiger partial charge in [-0.05, 0) is 60.5 Å². The summed E-state index contributed by atoms with van der Waals surface area (Å²) in [6, 6.07) is 0.501. The molecule has 4 nitrogen and oxygen atoms in total. The first-order chi connectivity index (χ1) is 8.40. The Labute approximate surface area is 112 Å². The van der Waals surface area contributed by atoms with Crippen molar-refractivity contribution in [2.75, 3.05) is 26.7 Å². The molecule has 0 aromatic carbocycles. The Kier molecular flexibility index (Phi) is 9.02. The third-order valence-electron chi connectivity index (χ3n) is 3.00. The molecule has 0 bridgehead atoms. The molecule has 18 heavy (non-hydrogen) atoms. The zero-order valence-corrected chi connectivity index (χ0v) is 12.6. The Morgan fingerprint density at radius 2 is 1.61 bits per heavy atom. The number of hydrogen-bond acceptors (Lipinski definition) is 3. The summed E-state index contributed by atoms with van der Waals surface area (Å²) in [6.45, 7) is 9.87. The largest absolute Gasteiger partial charge is 0.396 e. The van der Waals surface area contributed by atoms with E-state index in [4.69, 9.17) is 5.11 Å². The van der Waals surface area contributed by atoms with E-state index >= 15 is 0 Å². The fourth-order valence-corrected chi connectivity index (χ4v) is 2.23. The Bertz CT molecular complexity index is 222. The second-order valence-electron chi connectivity index (χ2n) is 5.51. The summed E-state index contributed by atoms with van der Waals surface area (Å²) < 4.78 is 0. The average molecular weight is 258 g/mol. The van der Waals surface area contributed by atoms with E-state index in [1.165, 1.54) is 0 Å². The van der Waals surface area contributed by atoms with Crippen molar-refractivity contribution in [3.05, 3.63) is 0 Å². The van der Waals surface area contributed by atoms with Gasteiger partial charge in [0.05, 0.1) is 6.54 Å². The van der Waals surface area contributed by atoms with Crippen LogP contribution in [0.5, 0.6) is 0 Å². The highest BCUT2D eigenvalue weighted by molar-refractivity contribution is 5.78. The van der Waals surface area contributed by atoms with Gasteiger partial charge in [0, 0.05) is 18.7 Å². The molecule has 0 rings (SSSR count). The lowest BCUT2D eigenvalue weighted by Crippen LogP contribution is -2.46. The predicted octanol–water partition coefficient (Wildman–Crippen LogP) is 1.73. The zero-order chi connectivity index (χ0) is 14.1. The van der Waals surface area contributed by atoms with Crippen molar-refractivity contribution in [3.8, 4) is 0 Å². The minimum Gasteiger partial charge on any atom is -0.396 e. The van der Waals surface area contributed by atoms with Crippen molar-refractivity contribution in [2.24, 2.45) is 0 Å². The Morgan fingerprint density at radius 3 is 2.06 bits per heavy atom. The molecule has 0 saturated heterocycles. The van der Waals surface area contributed by atoms with Crippen LogP contribution in [0.2, 0.25) is 0 Å². The Balaban J connectivity index is 4.04. The Morgan fingerprint density at radius 1 is 1.06 bits per heavy atom. The fraction of sp³-hybridized carbons (Fsp3) is 0.929. The van der Waals surface area contributed by atoms with Crippen LogP contribution in [0.3, 0.4) is 0 Å². The van der Waals surface area contributed by atoms with Crippen molar-refractivity contribution in [1.29, 1.82) is 0 Å². The van der Waals surface area contributed by atoms with Crippen molar-refractivity contribution in [3.63, 3.8) is 0 Å². The summed E-state index contributed by atoms with van der Waals surface area (Å²) >= 11 is 0. The first-order valence-corrected chi connectivity index (χ1v) is 7.00. The molecule has 0 unspecified atom stereocenters. The molecule has 0 aromatic rings. The van der Waals surface area contributed by atoms with Crippen molar-refractivity contribution >= 4 is 5.91 Å². The van der Waals surface area contributed by atoms with Crippen LogP contribution in [0, 0.1) is 0 Å². The van der Waals surface area contributed by atoms with Gasteiger partial charge in [0.15, 0.2) is 0 Å². The lowest BCUT2D eigenvalue weighted by Gasteiger charge is -2.32. The summed E-state index contributed by atoms with van der Waals surface area (Å²) in [7, 11) is 1.98. The van der Waals surface area contributed by atoms with E-state index in [0.29, 0.717) is 6.54 Å². The van der Waals surface area contributed by atoms with Gasteiger partial charge in [0.2, 0.25) is 5.91 Å². The van der Waals surface area contributed by atoms with Gasteiger partial charge in [0.25, 0.3) is 0 Å². The van der Waals surface area contributed by atoms with Gasteiger partial charge in [0.1, 0.15) is 0 Å². The topological polar surface area (TPSA) is 43.8 Å². The van der Waals surface area contributed by atoms with Crippen LogP contribution in [-0.4, -0.2) is 59.6 Å². The van der Waals surface area contributed by atoms with Gasteiger partial charge in [-0.15, -0.1) is 0 Å².